The monoisotopic (exact) mass is 484 g/mol. The van der Waals surface area contributed by atoms with Crippen molar-refractivity contribution in [3.05, 3.63) is 89.5 Å². The van der Waals surface area contributed by atoms with Crippen LogP contribution in [0.1, 0.15) is 30.5 Å². The molecule has 0 spiro atoms. The Morgan fingerprint density at radius 3 is 2.33 bits per heavy atom. The van der Waals surface area contributed by atoms with Crippen LogP contribution in [0.5, 0.6) is 0 Å². The average molecular weight is 485 g/mol. The molecule has 0 unspecified atom stereocenters. The van der Waals surface area contributed by atoms with Crippen molar-refractivity contribution in [2.75, 3.05) is 34.8 Å². The second kappa shape index (κ2) is 9.32. The lowest BCUT2D eigenvalue weighted by Gasteiger charge is -2.47. The third-order valence-corrected chi connectivity index (χ3v) is 7.25. The second-order valence-corrected chi connectivity index (χ2v) is 9.63. The Balaban J connectivity index is 1.50. The molecule has 2 aliphatic heterocycles. The van der Waals surface area contributed by atoms with E-state index >= 15 is 0 Å². The maximum absolute atomic E-state index is 14.2. The first-order valence-corrected chi connectivity index (χ1v) is 12.5. The summed E-state index contributed by atoms with van der Waals surface area (Å²) in [6, 6.07) is 22.2. The number of nitrogens with one attached hydrogen (secondary N) is 1. The van der Waals surface area contributed by atoms with Crippen LogP contribution in [0.25, 0.3) is 0 Å². The number of nitrogens with zero attached hydrogens (tertiary/aromatic N) is 3. The van der Waals surface area contributed by atoms with Crippen molar-refractivity contribution in [3.63, 3.8) is 0 Å². The fourth-order valence-electron chi connectivity index (χ4n) is 5.21. The standard InChI is InChI=1S/C29H32N4O3/c1-4-22-11-15-24(16-12-22)33-28(35)30-26-8-6-5-7-25(26)29(33,36)27(34)31-17-18-32(21(3)19-31)23-13-9-20(2)10-14-23/h5-16,21,36H,4,17-19H2,1-3H3,(H,30,35)/t21-,29-/m0/s1. The summed E-state index contributed by atoms with van der Waals surface area (Å²) in [6.07, 6.45) is 0.849. The van der Waals surface area contributed by atoms with Crippen LogP contribution >= 0.6 is 0 Å². The van der Waals surface area contributed by atoms with E-state index < -0.39 is 17.7 Å². The molecule has 0 aliphatic carbocycles. The number of para-hydroxylation sites is 1. The fraction of sp³-hybridized carbons (Fsp3) is 0.310. The van der Waals surface area contributed by atoms with Crippen molar-refractivity contribution in [3.8, 4) is 0 Å². The first-order chi connectivity index (χ1) is 17.3. The lowest BCUT2D eigenvalue weighted by atomic mass is 9.93. The molecule has 2 heterocycles. The van der Waals surface area contributed by atoms with Gasteiger partial charge in [-0.2, -0.15) is 0 Å². The highest BCUT2D eigenvalue weighted by molar-refractivity contribution is 6.11. The molecule has 0 radical (unpaired) electrons. The number of fused-ring (bicyclic) bond motifs is 1. The van der Waals surface area contributed by atoms with Crippen molar-refractivity contribution in [2.45, 2.75) is 39.0 Å². The first-order valence-electron chi connectivity index (χ1n) is 12.5. The van der Waals surface area contributed by atoms with Crippen LogP contribution in [0.15, 0.2) is 72.8 Å². The van der Waals surface area contributed by atoms with Gasteiger partial charge in [-0.05, 0) is 56.2 Å². The number of piperazine rings is 1. The van der Waals surface area contributed by atoms with E-state index in [9.17, 15) is 14.7 Å². The van der Waals surface area contributed by atoms with Crippen LogP contribution in [0.4, 0.5) is 21.9 Å². The lowest BCUT2D eigenvalue weighted by molar-refractivity contribution is -0.152. The van der Waals surface area contributed by atoms with E-state index in [1.54, 1.807) is 41.3 Å². The molecule has 0 bridgehead atoms. The van der Waals surface area contributed by atoms with Gasteiger partial charge in [0.15, 0.2) is 0 Å². The normalized spacial score (nSPS) is 21.7. The Labute approximate surface area is 211 Å². The molecule has 3 aromatic rings. The molecule has 3 aromatic carbocycles. The molecular weight excluding hydrogens is 452 g/mol. The third-order valence-electron chi connectivity index (χ3n) is 7.25. The first kappa shape index (κ1) is 23.9. The summed E-state index contributed by atoms with van der Waals surface area (Å²) in [5.74, 6) is -0.500. The zero-order valence-electron chi connectivity index (χ0n) is 20.9. The Morgan fingerprint density at radius 2 is 1.67 bits per heavy atom. The minimum Gasteiger partial charge on any atom is -0.365 e. The maximum atomic E-state index is 14.2. The number of benzene rings is 3. The Hall–Kier alpha value is -3.84. The van der Waals surface area contributed by atoms with Gasteiger partial charge in [-0.25, -0.2) is 4.79 Å². The smallest absolute Gasteiger partial charge is 0.329 e. The van der Waals surface area contributed by atoms with Gasteiger partial charge in [0, 0.05) is 42.6 Å². The Kier molecular flexibility index (Phi) is 6.18. The number of urea groups is 1. The average Bonchev–Trinajstić information content (AvgIpc) is 2.89. The van der Waals surface area contributed by atoms with E-state index in [1.165, 1.54) is 10.5 Å². The zero-order valence-corrected chi connectivity index (χ0v) is 20.9. The molecule has 0 saturated carbocycles. The highest BCUT2D eigenvalue weighted by atomic mass is 16.3. The number of anilines is 3. The highest BCUT2D eigenvalue weighted by Crippen LogP contribution is 2.41. The van der Waals surface area contributed by atoms with Gasteiger partial charge in [0.05, 0.1) is 5.69 Å². The van der Waals surface area contributed by atoms with E-state index in [-0.39, 0.29) is 6.04 Å². The molecular formula is C29H32N4O3. The van der Waals surface area contributed by atoms with Crippen molar-refractivity contribution >= 4 is 29.0 Å². The molecule has 2 aliphatic rings. The predicted octanol–water partition coefficient (Wildman–Crippen LogP) is 4.49. The third kappa shape index (κ3) is 3.99. The lowest BCUT2D eigenvalue weighted by Crippen LogP contribution is -2.66. The van der Waals surface area contributed by atoms with Crippen LogP contribution in [-0.4, -0.2) is 47.6 Å². The van der Waals surface area contributed by atoms with Crippen LogP contribution in [0.3, 0.4) is 0 Å². The van der Waals surface area contributed by atoms with Crippen LogP contribution < -0.4 is 15.1 Å². The number of amides is 3. The maximum Gasteiger partial charge on any atom is 0.329 e. The van der Waals surface area contributed by atoms with Gasteiger partial charge in [0.1, 0.15) is 0 Å². The predicted molar refractivity (Wildman–Crippen MR) is 142 cm³/mol. The number of hydrogen-bond donors (Lipinski definition) is 2. The number of aliphatic hydroxyl groups is 1. The molecule has 186 valence electrons. The Bertz CT molecular complexity index is 1270. The van der Waals surface area contributed by atoms with Crippen LogP contribution in [0.2, 0.25) is 0 Å². The minimum absolute atomic E-state index is 0.0407. The number of rotatable bonds is 4. The summed E-state index contributed by atoms with van der Waals surface area (Å²) >= 11 is 0. The van der Waals surface area contributed by atoms with E-state index in [2.05, 4.69) is 55.3 Å². The van der Waals surface area contributed by atoms with Gasteiger partial charge in [0.2, 0.25) is 0 Å². The molecule has 36 heavy (non-hydrogen) atoms. The second-order valence-electron chi connectivity index (χ2n) is 9.63. The zero-order chi connectivity index (χ0) is 25.4. The quantitative estimate of drug-likeness (QED) is 0.572. The summed E-state index contributed by atoms with van der Waals surface area (Å²) in [7, 11) is 0. The number of carbonyl (C=O) groups is 2. The van der Waals surface area contributed by atoms with E-state index in [1.807, 2.05) is 12.1 Å². The van der Waals surface area contributed by atoms with Crippen molar-refractivity contribution in [2.24, 2.45) is 0 Å². The van der Waals surface area contributed by atoms with Gasteiger partial charge in [0.25, 0.3) is 11.6 Å². The molecule has 1 fully saturated rings. The van der Waals surface area contributed by atoms with E-state index in [0.29, 0.717) is 36.6 Å². The van der Waals surface area contributed by atoms with Crippen LogP contribution in [-0.2, 0) is 16.9 Å². The van der Waals surface area contributed by atoms with Gasteiger partial charge >= 0.3 is 6.03 Å². The summed E-state index contributed by atoms with van der Waals surface area (Å²) < 4.78 is 0. The summed E-state index contributed by atoms with van der Waals surface area (Å²) in [5.41, 5.74) is 2.50. The molecule has 0 aromatic heterocycles. The summed E-state index contributed by atoms with van der Waals surface area (Å²) in [6.45, 7) is 7.69. The largest absolute Gasteiger partial charge is 0.365 e. The topological polar surface area (TPSA) is 76.1 Å². The van der Waals surface area contributed by atoms with Gasteiger partial charge in [-0.15, -0.1) is 0 Å². The molecule has 2 N–H and O–H groups in total. The summed E-state index contributed by atoms with van der Waals surface area (Å²) in [4.78, 5) is 32.6. The molecule has 5 rings (SSSR count). The van der Waals surface area contributed by atoms with Crippen molar-refractivity contribution in [1.29, 1.82) is 0 Å². The highest BCUT2D eigenvalue weighted by Gasteiger charge is 2.54. The SMILES string of the molecule is CCc1ccc(N2C(=O)Nc3ccccc3[C@]2(O)C(=O)N2CCN(c3ccc(C)cc3)[C@@H](C)C2)cc1. The van der Waals surface area contributed by atoms with Gasteiger partial charge in [-0.3, -0.25) is 9.69 Å². The van der Waals surface area contributed by atoms with Crippen LogP contribution in [0, 0.1) is 6.92 Å². The minimum atomic E-state index is -2.17. The molecule has 2 atom stereocenters. The molecule has 7 heteroatoms. The number of aryl methyl sites for hydroxylation is 2. The van der Waals surface area contributed by atoms with E-state index in [0.717, 1.165) is 17.7 Å². The van der Waals surface area contributed by atoms with Crippen molar-refractivity contribution < 1.29 is 14.7 Å². The van der Waals surface area contributed by atoms with Gasteiger partial charge in [-0.1, -0.05) is 55.0 Å². The molecule has 3 amide bonds. The number of carbonyl (C=O) groups excluding carboxylic acids is 2. The summed E-state index contributed by atoms with van der Waals surface area (Å²) in [5, 5.41) is 15.1. The Morgan fingerprint density at radius 1 is 1.00 bits per heavy atom. The fourth-order valence-corrected chi connectivity index (χ4v) is 5.21. The molecule has 1 saturated heterocycles. The van der Waals surface area contributed by atoms with E-state index in [4.69, 9.17) is 0 Å². The number of hydrogen-bond acceptors (Lipinski definition) is 4. The van der Waals surface area contributed by atoms with Crippen molar-refractivity contribution in [1.82, 2.24) is 4.90 Å². The molecule has 7 nitrogen and oxygen atoms in total. The van der Waals surface area contributed by atoms with Gasteiger partial charge < -0.3 is 20.2 Å².